The second kappa shape index (κ2) is 5.87. The van der Waals surface area contributed by atoms with Gasteiger partial charge in [-0.15, -0.1) is 10.2 Å². The molecule has 18 heavy (non-hydrogen) atoms. The number of hydrogen-bond acceptors (Lipinski definition) is 7. The standard InChI is InChI=1S/C10H16N6OS/c1-7(17-3)9-13-10(18-15-9)11-5-4-8-14-12-6-16(8)2/h6-7H,4-5H2,1-3H3,(H,11,13,15). The van der Waals surface area contributed by atoms with Crippen molar-refractivity contribution in [3.05, 3.63) is 18.0 Å². The van der Waals surface area contributed by atoms with Crippen molar-refractivity contribution >= 4 is 16.7 Å². The number of aromatic nitrogens is 5. The van der Waals surface area contributed by atoms with E-state index in [9.17, 15) is 0 Å². The Labute approximate surface area is 109 Å². The third-order valence-electron chi connectivity index (χ3n) is 2.59. The second-order valence-corrected chi connectivity index (χ2v) is 4.62. The fraction of sp³-hybridized carbons (Fsp3) is 0.600. The van der Waals surface area contributed by atoms with Crippen LogP contribution in [0, 0.1) is 0 Å². The van der Waals surface area contributed by atoms with Gasteiger partial charge in [-0.2, -0.15) is 4.37 Å². The van der Waals surface area contributed by atoms with E-state index in [1.165, 1.54) is 11.5 Å². The maximum atomic E-state index is 5.16. The fourth-order valence-corrected chi connectivity index (χ4v) is 2.06. The Morgan fingerprint density at radius 3 is 3.06 bits per heavy atom. The van der Waals surface area contributed by atoms with Crippen LogP contribution in [0.15, 0.2) is 6.33 Å². The van der Waals surface area contributed by atoms with Gasteiger partial charge in [-0.3, -0.25) is 0 Å². The minimum absolute atomic E-state index is 0.0736. The Hall–Kier alpha value is -1.54. The zero-order valence-electron chi connectivity index (χ0n) is 10.6. The van der Waals surface area contributed by atoms with Crippen LogP contribution in [0.3, 0.4) is 0 Å². The summed E-state index contributed by atoms with van der Waals surface area (Å²) in [5, 5.41) is 11.9. The molecule has 8 heteroatoms. The van der Waals surface area contributed by atoms with Crippen molar-refractivity contribution in [3.63, 3.8) is 0 Å². The SMILES string of the molecule is COC(C)c1nsc(NCCc2nncn2C)n1. The summed E-state index contributed by atoms with van der Waals surface area (Å²) in [5.41, 5.74) is 0. The molecule has 0 fully saturated rings. The summed E-state index contributed by atoms with van der Waals surface area (Å²) < 4.78 is 11.3. The first-order valence-electron chi connectivity index (χ1n) is 5.64. The quantitative estimate of drug-likeness (QED) is 0.843. The van der Waals surface area contributed by atoms with Gasteiger partial charge in [-0.05, 0) is 6.92 Å². The van der Waals surface area contributed by atoms with Crippen LogP contribution in [0.4, 0.5) is 5.13 Å². The Bertz CT molecular complexity index is 496. The van der Waals surface area contributed by atoms with E-state index in [4.69, 9.17) is 4.74 Å². The van der Waals surface area contributed by atoms with E-state index in [0.29, 0.717) is 5.82 Å². The largest absolute Gasteiger partial charge is 0.374 e. The number of nitrogens with one attached hydrogen (secondary N) is 1. The summed E-state index contributed by atoms with van der Waals surface area (Å²) in [4.78, 5) is 4.35. The lowest BCUT2D eigenvalue weighted by molar-refractivity contribution is 0.113. The predicted molar refractivity (Wildman–Crippen MR) is 68.5 cm³/mol. The molecule has 7 nitrogen and oxygen atoms in total. The van der Waals surface area contributed by atoms with E-state index in [1.54, 1.807) is 13.4 Å². The topological polar surface area (TPSA) is 77.8 Å². The first kappa shape index (κ1) is 12.9. The molecule has 1 unspecified atom stereocenters. The highest BCUT2D eigenvalue weighted by molar-refractivity contribution is 7.09. The zero-order valence-corrected chi connectivity index (χ0v) is 11.4. The summed E-state index contributed by atoms with van der Waals surface area (Å²) in [5.74, 6) is 1.65. The maximum Gasteiger partial charge on any atom is 0.202 e. The highest BCUT2D eigenvalue weighted by Crippen LogP contribution is 2.17. The average Bonchev–Trinajstić information content (AvgIpc) is 2.99. The molecule has 0 aliphatic carbocycles. The predicted octanol–water partition coefficient (Wildman–Crippen LogP) is 1.03. The minimum Gasteiger partial charge on any atom is -0.374 e. The molecular formula is C10H16N6OS. The van der Waals surface area contributed by atoms with Gasteiger partial charge in [0, 0.05) is 38.7 Å². The average molecular weight is 268 g/mol. The first-order chi connectivity index (χ1) is 8.70. The van der Waals surface area contributed by atoms with Crippen LogP contribution in [0.5, 0.6) is 0 Å². The van der Waals surface area contributed by atoms with Crippen LogP contribution >= 0.6 is 11.5 Å². The Balaban J connectivity index is 1.83. The van der Waals surface area contributed by atoms with Gasteiger partial charge >= 0.3 is 0 Å². The summed E-state index contributed by atoms with van der Waals surface area (Å²) >= 11 is 1.34. The van der Waals surface area contributed by atoms with Crippen LogP contribution in [-0.4, -0.2) is 37.8 Å². The highest BCUT2D eigenvalue weighted by atomic mass is 32.1. The third kappa shape index (κ3) is 3.02. The molecule has 0 radical (unpaired) electrons. The Morgan fingerprint density at radius 2 is 2.39 bits per heavy atom. The number of methoxy groups -OCH3 is 1. The lowest BCUT2D eigenvalue weighted by Gasteiger charge is -2.03. The molecule has 2 aromatic rings. The number of hydrogen-bond donors (Lipinski definition) is 1. The smallest absolute Gasteiger partial charge is 0.202 e. The van der Waals surface area contributed by atoms with E-state index >= 15 is 0 Å². The van der Waals surface area contributed by atoms with E-state index < -0.39 is 0 Å². The van der Waals surface area contributed by atoms with Crippen molar-refractivity contribution in [1.29, 1.82) is 0 Å². The molecule has 1 N–H and O–H groups in total. The maximum absolute atomic E-state index is 5.16. The van der Waals surface area contributed by atoms with Crippen LogP contribution in [-0.2, 0) is 18.2 Å². The van der Waals surface area contributed by atoms with Crippen molar-refractivity contribution in [3.8, 4) is 0 Å². The third-order valence-corrected chi connectivity index (χ3v) is 3.28. The van der Waals surface area contributed by atoms with Gasteiger partial charge in [0.2, 0.25) is 5.13 Å². The number of aryl methyl sites for hydroxylation is 1. The van der Waals surface area contributed by atoms with Crippen molar-refractivity contribution in [2.24, 2.45) is 7.05 Å². The molecule has 0 aromatic carbocycles. The second-order valence-electron chi connectivity index (χ2n) is 3.87. The van der Waals surface area contributed by atoms with E-state index in [2.05, 4.69) is 24.9 Å². The number of rotatable bonds is 6. The number of nitrogens with zero attached hydrogens (tertiary/aromatic N) is 5. The molecule has 1 atom stereocenters. The van der Waals surface area contributed by atoms with Crippen LogP contribution in [0.25, 0.3) is 0 Å². The van der Waals surface area contributed by atoms with Crippen molar-refractivity contribution in [2.45, 2.75) is 19.4 Å². The van der Waals surface area contributed by atoms with E-state index in [0.717, 1.165) is 23.9 Å². The summed E-state index contributed by atoms with van der Waals surface area (Å²) in [6.07, 6.45) is 2.42. The van der Waals surface area contributed by atoms with Gasteiger partial charge in [0.1, 0.15) is 18.3 Å². The highest BCUT2D eigenvalue weighted by Gasteiger charge is 2.10. The van der Waals surface area contributed by atoms with E-state index in [-0.39, 0.29) is 6.10 Å². The van der Waals surface area contributed by atoms with Crippen LogP contribution in [0.1, 0.15) is 24.7 Å². The molecule has 2 heterocycles. The number of anilines is 1. The molecule has 98 valence electrons. The van der Waals surface area contributed by atoms with Crippen molar-refractivity contribution in [1.82, 2.24) is 24.1 Å². The molecule has 0 spiro atoms. The fourth-order valence-electron chi connectivity index (χ4n) is 1.39. The lowest BCUT2D eigenvalue weighted by Crippen LogP contribution is -2.08. The first-order valence-corrected chi connectivity index (χ1v) is 6.41. The molecule has 0 bridgehead atoms. The normalized spacial score (nSPS) is 12.6. The molecule has 0 aliphatic heterocycles. The van der Waals surface area contributed by atoms with Crippen LogP contribution in [0.2, 0.25) is 0 Å². The summed E-state index contributed by atoms with van der Waals surface area (Å²) in [7, 11) is 3.57. The van der Waals surface area contributed by atoms with Crippen LogP contribution < -0.4 is 5.32 Å². The molecule has 2 rings (SSSR count). The number of ether oxygens (including phenoxy) is 1. The lowest BCUT2D eigenvalue weighted by atomic mass is 10.4. The Kier molecular flexibility index (Phi) is 4.21. The summed E-state index contributed by atoms with van der Waals surface area (Å²) in [6, 6.07) is 0. The monoisotopic (exact) mass is 268 g/mol. The van der Waals surface area contributed by atoms with Gasteiger partial charge in [0.15, 0.2) is 5.82 Å². The van der Waals surface area contributed by atoms with Gasteiger partial charge in [0.25, 0.3) is 0 Å². The molecule has 2 aromatic heterocycles. The van der Waals surface area contributed by atoms with Crippen molar-refractivity contribution < 1.29 is 4.74 Å². The molecule has 0 aliphatic rings. The van der Waals surface area contributed by atoms with E-state index in [1.807, 2.05) is 18.5 Å². The van der Waals surface area contributed by atoms with Crippen molar-refractivity contribution in [2.75, 3.05) is 19.0 Å². The zero-order chi connectivity index (χ0) is 13.0. The molecule has 0 saturated carbocycles. The Morgan fingerprint density at radius 1 is 1.56 bits per heavy atom. The van der Waals surface area contributed by atoms with Gasteiger partial charge < -0.3 is 14.6 Å². The molecular weight excluding hydrogens is 252 g/mol. The minimum atomic E-state index is -0.0736. The van der Waals surface area contributed by atoms with Gasteiger partial charge in [-0.25, -0.2) is 4.98 Å². The molecule has 0 amide bonds. The van der Waals surface area contributed by atoms with Gasteiger partial charge in [-0.1, -0.05) is 0 Å². The van der Waals surface area contributed by atoms with Gasteiger partial charge in [0.05, 0.1) is 0 Å². The molecule has 0 saturated heterocycles. The summed E-state index contributed by atoms with van der Waals surface area (Å²) in [6.45, 7) is 2.67.